The lowest BCUT2D eigenvalue weighted by molar-refractivity contribution is -0.141. The Kier molecular flexibility index (Phi) is 8.18. The van der Waals surface area contributed by atoms with Crippen LogP contribution in [0.5, 0.6) is 17.2 Å². The second-order valence-electron chi connectivity index (χ2n) is 4.57. The molecule has 0 spiro atoms. The van der Waals surface area contributed by atoms with Crippen molar-refractivity contribution in [2.24, 2.45) is 0 Å². The van der Waals surface area contributed by atoms with Gasteiger partial charge in [0.05, 0.1) is 13.2 Å². The Morgan fingerprint density at radius 2 is 1.62 bits per heavy atom. The maximum atomic E-state index is 10.8. The van der Waals surface area contributed by atoms with Crippen molar-refractivity contribution in [3.05, 3.63) is 23.8 Å². The SMILES string of the molecule is CCOc1cc(/C=C/C(=O)O)cc(OCC)c1OCCOC(C)=O. The Balaban J connectivity index is 3.07. The third-order valence-corrected chi connectivity index (χ3v) is 2.70. The van der Waals surface area contributed by atoms with Crippen LogP contribution < -0.4 is 14.2 Å². The molecular weight excluding hydrogens is 316 g/mol. The fourth-order valence-corrected chi connectivity index (χ4v) is 1.86. The van der Waals surface area contributed by atoms with Crippen LogP contribution in [0.15, 0.2) is 18.2 Å². The van der Waals surface area contributed by atoms with Crippen LogP contribution in [0.2, 0.25) is 0 Å². The van der Waals surface area contributed by atoms with Crippen LogP contribution >= 0.6 is 0 Å². The molecule has 0 aliphatic rings. The predicted octanol–water partition coefficient (Wildman–Crippen LogP) is 2.52. The summed E-state index contributed by atoms with van der Waals surface area (Å²) >= 11 is 0. The molecular formula is C17H22O7. The van der Waals surface area contributed by atoms with E-state index in [0.717, 1.165) is 6.08 Å². The van der Waals surface area contributed by atoms with Crippen molar-refractivity contribution in [3.63, 3.8) is 0 Å². The second kappa shape index (κ2) is 10.1. The summed E-state index contributed by atoms with van der Waals surface area (Å²) in [6.45, 7) is 6.01. The van der Waals surface area contributed by atoms with Crippen LogP contribution in [-0.4, -0.2) is 43.5 Å². The van der Waals surface area contributed by atoms with Gasteiger partial charge in [0.15, 0.2) is 11.5 Å². The molecule has 0 fully saturated rings. The van der Waals surface area contributed by atoms with E-state index in [2.05, 4.69) is 0 Å². The van der Waals surface area contributed by atoms with Gasteiger partial charge in [-0.1, -0.05) is 0 Å². The summed E-state index contributed by atoms with van der Waals surface area (Å²) in [6, 6.07) is 3.32. The molecule has 7 heteroatoms. The highest BCUT2D eigenvalue weighted by atomic mass is 16.6. The first-order chi connectivity index (χ1) is 11.5. The van der Waals surface area contributed by atoms with Crippen LogP contribution in [0, 0.1) is 0 Å². The molecule has 132 valence electrons. The van der Waals surface area contributed by atoms with Gasteiger partial charge in [0.1, 0.15) is 13.2 Å². The van der Waals surface area contributed by atoms with Crippen molar-refractivity contribution < 1.29 is 33.6 Å². The van der Waals surface area contributed by atoms with Crippen molar-refractivity contribution in [1.29, 1.82) is 0 Å². The average Bonchev–Trinajstić information content (AvgIpc) is 2.51. The minimum absolute atomic E-state index is 0.104. The molecule has 1 N–H and O–H groups in total. The third-order valence-electron chi connectivity index (χ3n) is 2.70. The number of carbonyl (C=O) groups excluding carboxylic acids is 1. The van der Waals surface area contributed by atoms with E-state index in [1.54, 1.807) is 12.1 Å². The summed E-state index contributed by atoms with van der Waals surface area (Å²) in [5.74, 6) is -0.193. The van der Waals surface area contributed by atoms with Gasteiger partial charge < -0.3 is 24.1 Å². The first-order valence-corrected chi connectivity index (χ1v) is 7.58. The molecule has 0 unspecified atom stereocenters. The van der Waals surface area contributed by atoms with Gasteiger partial charge in [-0.15, -0.1) is 0 Å². The molecule has 0 amide bonds. The molecule has 0 saturated heterocycles. The summed E-state index contributed by atoms with van der Waals surface area (Å²) < 4.78 is 21.6. The van der Waals surface area contributed by atoms with E-state index in [0.29, 0.717) is 36.0 Å². The molecule has 1 aromatic carbocycles. The smallest absolute Gasteiger partial charge is 0.328 e. The van der Waals surface area contributed by atoms with Gasteiger partial charge in [-0.25, -0.2) is 4.79 Å². The van der Waals surface area contributed by atoms with Gasteiger partial charge in [-0.2, -0.15) is 0 Å². The van der Waals surface area contributed by atoms with Crippen LogP contribution in [0.25, 0.3) is 6.08 Å². The zero-order valence-corrected chi connectivity index (χ0v) is 14.0. The molecule has 1 rings (SSSR count). The molecule has 0 aliphatic carbocycles. The lowest BCUT2D eigenvalue weighted by Crippen LogP contribution is -2.11. The van der Waals surface area contributed by atoms with Crippen molar-refractivity contribution in [2.75, 3.05) is 26.4 Å². The molecule has 7 nitrogen and oxygen atoms in total. The van der Waals surface area contributed by atoms with E-state index in [4.69, 9.17) is 24.1 Å². The van der Waals surface area contributed by atoms with Gasteiger partial charge >= 0.3 is 11.9 Å². The predicted molar refractivity (Wildman–Crippen MR) is 87.6 cm³/mol. The number of benzene rings is 1. The fraction of sp³-hybridized carbons (Fsp3) is 0.412. The summed E-state index contributed by atoms with van der Waals surface area (Å²) in [5.41, 5.74) is 0.608. The largest absolute Gasteiger partial charge is 0.490 e. The molecule has 1 aromatic rings. The molecule has 0 aromatic heterocycles. The van der Waals surface area contributed by atoms with Crippen molar-refractivity contribution in [1.82, 2.24) is 0 Å². The maximum Gasteiger partial charge on any atom is 0.328 e. The first-order valence-electron chi connectivity index (χ1n) is 7.58. The van der Waals surface area contributed by atoms with E-state index < -0.39 is 5.97 Å². The van der Waals surface area contributed by atoms with E-state index in [1.807, 2.05) is 13.8 Å². The zero-order chi connectivity index (χ0) is 17.9. The maximum absolute atomic E-state index is 10.8. The molecule has 0 saturated carbocycles. The van der Waals surface area contributed by atoms with E-state index in [9.17, 15) is 9.59 Å². The highest BCUT2D eigenvalue weighted by Crippen LogP contribution is 2.39. The number of carbonyl (C=O) groups is 2. The summed E-state index contributed by atoms with van der Waals surface area (Å²) in [5, 5.41) is 8.75. The number of esters is 1. The van der Waals surface area contributed by atoms with E-state index in [1.165, 1.54) is 13.0 Å². The van der Waals surface area contributed by atoms with Crippen LogP contribution in [0.1, 0.15) is 26.3 Å². The Morgan fingerprint density at radius 1 is 1.04 bits per heavy atom. The van der Waals surface area contributed by atoms with Crippen molar-refractivity contribution >= 4 is 18.0 Å². The number of hydrogen-bond donors (Lipinski definition) is 1. The molecule has 0 atom stereocenters. The Labute approximate surface area is 140 Å². The summed E-state index contributed by atoms with van der Waals surface area (Å²) in [6.07, 6.45) is 2.47. The van der Waals surface area contributed by atoms with E-state index >= 15 is 0 Å². The van der Waals surface area contributed by atoms with Gasteiger partial charge in [0, 0.05) is 13.0 Å². The number of ether oxygens (including phenoxy) is 4. The number of rotatable bonds is 10. The lowest BCUT2D eigenvalue weighted by Gasteiger charge is -2.17. The van der Waals surface area contributed by atoms with Gasteiger partial charge in [-0.05, 0) is 37.6 Å². The number of carboxylic acid groups (broad SMARTS) is 1. The molecule has 0 aliphatic heterocycles. The average molecular weight is 338 g/mol. The summed E-state index contributed by atoms with van der Waals surface area (Å²) in [4.78, 5) is 21.5. The Bertz CT molecular complexity index is 566. The van der Waals surface area contributed by atoms with E-state index in [-0.39, 0.29) is 19.2 Å². The summed E-state index contributed by atoms with van der Waals surface area (Å²) in [7, 11) is 0. The van der Waals surface area contributed by atoms with Crippen LogP contribution in [-0.2, 0) is 14.3 Å². The second-order valence-corrected chi connectivity index (χ2v) is 4.57. The number of carboxylic acids is 1. The van der Waals surface area contributed by atoms with Gasteiger partial charge in [-0.3, -0.25) is 4.79 Å². The molecule has 24 heavy (non-hydrogen) atoms. The quantitative estimate of drug-likeness (QED) is 0.398. The molecule has 0 bridgehead atoms. The minimum Gasteiger partial charge on any atom is -0.490 e. The first kappa shape index (κ1) is 19.3. The standard InChI is InChI=1S/C17H22O7/c1-4-21-14-10-13(6-7-16(19)20)11-15(22-5-2)17(14)24-9-8-23-12(3)18/h6-7,10-11H,4-5,8-9H2,1-3H3,(H,19,20)/b7-6+. The highest BCUT2D eigenvalue weighted by molar-refractivity contribution is 5.85. The number of hydrogen-bond acceptors (Lipinski definition) is 6. The van der Waals surface area contributed by atoms with Crippen LogP contribution in [0.3, 0.4) is 0 Å². The molecule has 0 heterocycles. The van der Waals surface area contributed by atoms with Crippen molar-refractivity contribution in [3.8, 4) is 17.2 Å². The normalized spacial score (nSPS) is 10.5. The van der Waals surface area contributed by atoms with Gasteiger partial charge in [0.25, 0.3) is 0 Å². The lowest BCUT2D eigenvalue weighted by atomic mass is 10.1. The fourth-order valence-electron chi connectivity index (χ4n) is 1.86. The van der Waals surface area contributed by atoms with Crippen molar-refractivity contribution in [2.45, 2.75) is 20.8 Å². The van der Waals surface area contributed by atoms with Crippen LogP contribution in [0.4, 0.5) is 0 Å². The highest BCUT2D eigenvalue weighted by Gasteiger charge is 2.15. The number of aliphatic carboxylic acids is 1. The molecule has 0 radical (unpaired) electrons. The topological polar surface area (TPSA) is 91.3 Å². The Morgan fingerprint density at radius 3 is 2.08 bits per heavy atom. The monoisotopic (exact) mass is 338 g/mol. The Hall–Kier alpha value is -2.70. The minimum atomic E-state index is -1.05. The van der Waals surface area contributed by atoms with Gasteiger partial charge in [0.2, 0.25) is 5.75 Å². The third kappa shape index (κ3) is 6.60. The zero-order valence-electron chi connectivity index (χ0n) is 14.0.